The van der Waals surface area contributed by atoms with Gasteiger partial charge in [0.2, 0.25) is 0 Å². The highest BCUT2D eigenvalue weighted by molar-refractivity contribution is 7.15. The average molecular weight is 384 g/mol. The molecule has 0 aliphatic carbocycles. The van der Waals surface area contributed by atoms with Gasteiger partial charge in [-0.3, -0.25) is 4.79 Å². The molecule has 1 saturated heterocycles. The first-order valence-corrected chi connectivity index (χ1v) is 10.6. The molecule has 1 aliphatic rings. The van der Waals surface area contributed by atoms with Crippen molar-refractivity contribution < 1.29 is 4.79 Å². The topological polar surface area (TPSA) is 36.4 Å². The summed E-state index contributed by atoms with van der Waals surface area (Å²) in [7, 11) is 0. The quantitative estimate of drug-likeness (QED) is 0.625. The van der Waals surface area contributed by atoms with Gasteiger partial charge in [-0.2, -0.15) is 11.3 Å². The Kier molecular flexibility index (Phi) is 5.04. The van der Waals surface area contributed by atoms with Crippen LogP contribution >= 0.6 is 22.7 Å². The van der Waals surface area contributed by atoms with Gasteiger partial charge in [-0.15, -0.1) is 11.3 Å². The lowest BCUT2D eigenvalue weighted by Gasteiger charge is -2.22. The molecule has 134 valence electrons. The first-order valence-electron chi connectivity index (χ1n) is 8.81. The second kappa shape index (κ2) is 7.60. The van der Waals surface area contributed by atoms with Gasteiger partial charge in [-0.25, -0.2) is 4.98 Å². The van der Waals surface area contributed by atoms with E-state index in [1.165, 1.54) is 18.4 Å². The van der Waals surface area contributed by atoms with Gasteiger partial charge in [0.05, 0.1) is 12.1 Å². The standard InChI is InChI=1S/C20H21N3OS2/c1-15-4-6-17(7-5-15)23(19(24)16-8-11-25-14-16)13-18-12-21-20(26-18)22-9-2-3-10-22/h4-8,11-12,14H,2-3,9-10,13H2,1H3. The molecular formula is C20H21N3OS2. The number of aromatic nitrogens is 1. The van der Waals surface area contributed by atoms with Gasteiger partial charge in [0.25, 0.3) is 5.91 Å². The Bertz CT molecular complexity index is 865. The van der Waals surface area contributed by atoms with Crippen LogP contribution in [0.15, 0.2) is 47.3 Å². The zero-order chi connectivity index (χ0) is 17.9. The summed E-state index contributed by atoms with van der Waals surface area (Å²) in [5.74, 6) is 0.0335. The minimum absolute atomic E-state index is 0.0335. The number of rotatable bonds is 5. The van der Waals surface area contributed by atoms with Crippen LogP contribution in [0.4, 0.5) is 10.8 Å². The molecule has 1 amide bonds. The molecule has 0 N–H and O–H groups in total. The van der Waals surface area contributed by atoms with Gasteiger partial charge in [0, 0.05) is 35.2 Å². The Hall–Kier alpha value is -2.18. The Morgan fingerprint density at radius 1 is 1.19 bits per heavy atom. The molecule has 0 saturated carbocycles. The first-order chi connectivity index (χ1) is 12.7. The van der Waals surface area contributed by atoms with E-state index in [0.717, 1.165) is 34.3 Å². The van der Waals surface area contributed by atoms with Gasteiger partial charge in [0.1, 0.15) is 0 Å². The smallest absolute Gasteiger partial charge is 0.259 e. The van der Waals surface area contributed by atoms with Crippen LogP contribution in [0, 0.1) is 6.92 Å². The van der Waals surface area contributed by atoms with Gasteiger partial charge in [0.15, 0.2) is 5.13 Å². The summed E-state index contributed by atoms with van der Waals surface area (Å²) in [5.41, 5.74) is 2.84. The molecule has 6 heteroatoms. The lowest BCUT2D eigenvalue weighted by atomic mass is 10.2. The molecule has 3 heterocycles. The lowest BCUT2D eigenvalue weighted by Crippen LogP contribution is -2.29. The van der Waals surface area contributed by atoms with Gasteiger partial charge in [-0.1, -0.05) is 17.7 Å². The molecule has 4 nitrogen and oxygen atoms in total. The predicted octanol–water partition coefficient (Wildman–Crippen LogP) is 4.96. The number of aryl methyl sites for hydroxylation is 1. The third-order valence-corrected chi connectivity index (χ3v) is 6.32. The van der Waals surface area contributed by atoms with Crippen molar-refractivity contribution in [2.24, 2.45) is 0 Å². The molecule has 0 bridgehead atoms. The fourth-order valence-corrected chi connectivity index (χ4v) is 4.71. The highest BCUT2D eigenvalue weighted by Crippen LogP contribution is 2.29. The van der Waals surface area contributed by atoms with Crippen molar-refractivity contribution in [3.63, 3.8) is 0 Å². The van der Waals surface area contributed by atoms with Crippen LogP contribution in [0.3, 0.4) is 0 Å². The second-order valence-corrected chi connectivity index (χ2v) is 8.42. The third kappa shape index (κ3) is 3.66. The largest absolute Gasteiger partial charge is 0.348 e. The molecule has 1 aromatic carbocycles. The number of hydrogen-bond acceptors (Lipinski definition) is 5. The fourth-order valence-electron chi connectivity index (χ4n) is 3.13. The van der Waals surface area contributed by atoms with E-state index in [1.807, 2.05) is 52.2 Å². The minimum Gasteiger partial charge on any atom is -0.348 e. The predicted molar refractivity (Wildman–Crippen MR) is 110 cm³/mol. The molecule has 0 unspecified atom stereocenters. The second-order valence-electron chi connectivity index (χ2n) is 6.54. The third-order valence-electron chi connectivity index (χ3n) is 4.59. The van der Waals surface area contributed by atoms with E-state index in [-0.39, 0.29) is 5.91 Å². The molecule has 0 spiro atoms. The van der Waals surface area contributed by atoms with Crippen LogP contribution in [0.25, 0.3) is 0 Å². The number of nitrogens with zero attached hydrogens (tertiary/aromatic N) is 3. The van der Waals surface area contributed by atoms with E-state index in [9.17, 15) is 4.79 Å². The molecule has 1 fully saturated rings. The van der Waals surface area contributed by atoms with E-state index in [4.69, 9.17) is 0 Å². The number of thiophene rings is 1. The van der Waals surface area contributed by atoms with E-state index < -0.39 is 0 Å². The molecule has 3 aromatic rings. The molecular weight excluding hydrogens is 362 g/mol. The van der Waals surface area contributed by atoms with Crippen molar-refractivity contribution in [1.29, 1.82) is 0 Å². The maximum Gasteiger partial charge on any atom is 0.259 e. The lowest BCUT2D eigenvalue weighted by molar-refractivity contribution is 0.0986. The van der Waals surface area contributed by atoms with Crippen LogP contribution in [0.2, 0.25) is 0 Å². The molecule has 0 radical (unpaired) electrons. The fraction of sp³-hybridized carbons (Fsp3) is 0.300. The number of anilines is 2. The summed E-state index contributed by atoms with van der Waals surface area (Å²) < 4.78 is 0. The van der Waals surface area contributed by atoms with Gasteiger partial charge >= 0.3 is 0 Å². The van der Waals surface area contributed by atoms with Crippen LogP contribution in [0.5, 0.6) is 0 Å². The molecule has 4 rings (SSSR count). The van der Waals surface area contributed by atoms with Gasteiger partial charge in [-0.05, 0) is 43.3 Å². The zero-order valence-corrected chi connectivity index (χ0v) is 16.4. The van der Waals surface area contributed by atoms with Crippen LogP contribution in [-0.2, 0) is 6.54 Å². The van der Waals surface area contributed by atoms with Crippen LogP contribution < -0.4 is 9.80 Å². The number of benzene rings is 1. The van der Waals surface area contributed by atoms with E-state index in [2.05, 4.69) is 16.8 Å². The maximum absolute atomic E-state index is 13.1. The molecule has 26 heavy (non-hydrogen) atoms. The van der Waals surface area contributed by atoms with Crippen molar-refractivity contribution in [3.8, 4) is 0 Å². The molecule has 0 atom stereocenters. The summed E-state index contributed by atoms with van der Waals surface area (Å²) in [4.78, 5) is 23.0. The summed E-state index contributed by atoms with van der Waals surface area (Å²) in [6, 6.07) is 10.0. The number of thiazole rings is 1. The van der Waals surface area contributed by atoms with Gasteiger partial charge < -0.3 is 9.80 Å². The normalized spacial score (nSPS) is 14.0. The number of hydrogen-bond donors (Lipinski definition) is 0. The Balaban J connectivity index is 1.60. The highest BCUT2D eigenvalue weighted by atomic mass is 32.1. The zero-order valence-electron chi connectivity index (χ0n) is 14.7. The van der Waals surface area contributed by atoms with Crippen molar-refractivity contribution >= 4 is 39.4 Å². The van der Waals surface area contributed by atoms with E-state index >= 15 is 0 Å². The van der Waals surface area contributed by atoms with E-state index in [1.54, 1.807) is 22.7 Å². The number of carbonyl (C=O) groups is 1. The average Bonchev–Trinajstić information content (AvgIpc) is 3.42. The highest BCUT2D eigenvalue weighted by Gasteiger charge is 2.21. The number of amides is 1. The SMILES string of the molecule is Cc1ccc(N(Cc2cnc(N3CCCC3)s2)C(=O)c2ccsc2)cc1. The summed E-state index contributed by atoms with van der Waals surface area (Å²) in [6.45, 7) is 4.77. The first kappa shape index (κ1) is 17.2. The minimum atomic E-state index is 0.0335. The van der Waals surface area contributed by atoms with Crippen LogP contribution in [-0.4, -0.2) is 24.0 Å². The summed E-state index contributed by atoms with van der Waals surface area (Å²) >= 11 is 3.24. The van der Waals surface area contributed by atoms with Crippen LogP contribution in [0.1, 0.15) is 33.6 Å². The maximum atomic E-state index is 13.1. The summed E-state index contributed by atoms with van der Waals surface area (Å²) in [6.07, 6.45) is 4.39. The van der Waals surface area contributed by atoms with Crippen molar-refractivity contribution in [1.82, 2.24) is 4.98 Å². The van der Waals surface area contributed by atoms with E-state index in [0.29, 0.717) is 6.54 Å². The van der Waals surface area contributed by atoms with Crippen molar-refractivity contribution in [3.05, 3.63) is 63.3 Å². The Morgan fingerprint density at radius 2 is 1.96 bits per heavy atom. The Labute approximate surface area is 161 Å². The molecule has 2 aromatic heterocycles. The Morgan fingerprint density at radius 3 is 2.65 bits per heavy atom. The van der Waals surface area contributed by atoms with Crippen molar-refractivity contribution in [2.45, 2.75) is 26.3 Å². The monoisotopic (exact) mass is 383 g/mol. The summed E-state index contributed by atoms with van der Waals surface area (Å²) in [5, 5.41) is 4.93. The number of carbonyl (C=O) groups excluding carboxylic acids is 1. The van der Waals surface area contributed by atoms with Crippen molar-refractivity contribution in [2.75, 3.05) is 22.9 Å². The molecule has 1 aliphatic heterocycles.